The van der Waals surface area contributed by atoms with Gasteiger partial charge in [-0.05, 0) is 59.6 Å². The topological polar surface area (TPSA) is 9.23 Å². The van der Waals surface area contributed by atoms with Gasteiger partial charge < -0.3 is 4.74 Å². The van der Waals surface area contributed by atoms with E-state index >= 15 is 0 Å². The van der Waals surface area contributed by atoms with Crippen molar-refractivity contribution in [3.05, 3.63) is 83.4 Å². The molecular weight excluding hydrogens is 304 g/mol. The lowest BCUT2D eigenvalue weighted by Gasteiger charge is -2.25. The molecule has 1 aliphatic carbocycles. The summed E-state index contributed by atoms with van der Waals surface area (Å²) >= 11 is 0. The summed E-state index contributed by atoms with van der Waals surface area (Å²) in [6.45, 7) is 2.12. The molecule has 1 unspecified atom stereocenters. The number of fused-ring (bicyclic) bond motifs is 1. The molecule has 4 rings (SSSR count). The minimum absolute atomic E-state index is 0.265. The van der Waals surface area contributed by atoms with Crippen LogP contribution in [-0.2, 0) is 11.2 Å². The molecule has 1 aliphatic rings. The molecule has 1 nitrogen and oxygen atoms in total. The van der Waals surface area contributed by atoms with Gasteiger partial charge in [0.05, 0.1) is 6.10 Å². The number of methoxy groups -OCH3 is 1. The molecule has 0 fully saturated rings. The fraction of sp³-hybridized carbons (Fsp3) is 0.250. The monoisotopic (exact) mass is 328 g/mol. The van der Waals surface area contributed by atoms with E-state index in [-0.39, 0.29) is 6.10 Å². The number of benzene rings is 3. The van der Waals surface area contributed by atoms with E-state index in [2.05, 4.69) is 73.7 Å². The van der Waals surface area contributed by atoms with Crippen molar-refractivity contribution in [2.75, 3.05) is 7.11 Å². The maximum atomic E-state index is 5.64. The first kappa shape index (κ1) is 16.1. The molecule has 0 heterocycles. The van der Waals surface area contributed by atoms with Crippen LogP contribution in [0.5, 0.6) is 0 Å². The van der Waals surface area contributed by atoms with Crippen LogP contribution in [0.3, 0.4) is 0 Å². The Balaban J connectivity index is 1.63. The zero-order valence-corrected chi connectivity index (χ0v) is 15.0. The van der Waals surface area contributed by atoms with Crippen LogP contribution in [-0.4, -0.2) is 7.11 Å². The van der Waals surface area contributed by atoms with Crippen LogP contribution >= 0.6 is 0 Å². The highest BCUT2D eigenvalue weighted by molar-refractivity contribution is 5.71. The molecule has 3 aromatic rings. The van der Waals surface area contributed by atoms with E-state index in [0.717, 1.165) is 12.8 Å². The summed E-state index contributed by atoms with van der Waals surface area (Å²) in [5, 5.41) is 0. The van der Waals surface area contributed by atoms with Crippen molar-refractivity contribution >= 4 is 0 Å². The number of aryl methyl sites for hydroxylation is 2. The summed E-state index contributed by atoms with van der Waals surface area (Å²) in [6, 6.07) is 24.4. The Morgan fingerprint density at radius 1 is 0.760 bits per heavy atom. The fourth-order valence-electron chi connectivity index (χ4n) is 3.80. The van der Waals surface area contributed by atoms with E-state index in [1.807, 2.05) is 7.11 Å². The molecule has 1 atom stereocenters. The summed E-state index contributed by atoms with van der Waals surface area (Å²) in [6.07, 6.45) is 3.77. The molecule has 1 heteroatoms. The molecule has 0 spiro atoms. The van der Waals surface area contributed by atoms with Crippen LogP contribution in [0.4, 0.5) is 0 Å². The quantitative estimate of drug-likeness (QED) is 0.544. The smallest absolute Gasteiger partial charge is 0.0823 e. The van der Waals surface area contributed by atoms with E-state index in [0.29, 0.717) is 0 Å². The third-order valence-corrected chi connectivity index (χ3v) is 5.29. The van der Waals surface area contributed by atoms with Crippen molar-refractivity contribution in [1.29, 1.82) is 0 Å². The van der Waals surface area contributed by atoms with Crippen molar-refractivity contribution in [3.63, 3.8) is 0 Å². The van der Waals surface area contributed by atoms with Crippen LogP contribution in [0.2, 0.25) is 0 Å². The zero-order valence-electron chi connectivity index (χ0n) is 15.0. The van der Waals surface area contributed by atoms with Gasteiger partial charge in [-0.15, -0.1) is 0 Å². The lowest BCUT2D eigenvalue weighted by molar-refractivity contribution is 0.0881. The minimum Gasteiger partial charge on any atom is -0.377 e. The average Bonchev–Trinajstić information content (AvgIpc) is 2.68. The molecule has 0 bridgehead atoms. The van der Waals surface area contributed by atoms with Gasteiger partial charge in [-0.3, -0.25) is 0 Å². The summed E-state index contributed by atoms with van der Waals surface area (Å²) in [7, 11) is 1.82. The van der Waals surface area contributed by atoms with Crippen molar-refractivity contribution in [2.24, 2.45) is 0 Å². The van der Waals surface area contributed by atoms with E-state index < -0.39 is 0 Å². The van der Waals surface area contributed by atoms with Gasteiger partial charge in [0, 0.05) is 7.11 Å². The minimum atomic E-state index is 0.265. The normalized spacial score (nSPS) is 16.5. The molecule has 126 valence electrons. The molecule has 25 heavy (non-hydrogen) atoms. The standard InChI is InChI=1S/C24H24O/c1-17-6-8-18(9-7-17)19-10-12-20(13-11-19)21-14-15-23-22(16-21)4-3-5-24(23)25-2/h6-16,24H,3-5H2,1-2H3. The zero-order chi connectivity index (χ0) is 17.2. The fourth-order valence-corrected chi connectivity index (χ4v) is 3.80. The Labute approximate surface area is 150 Å². The summed E-state index contributed by atoms with van der Waals surface area (Å²) in [5.41, 5.74) is 9.21. The summed E-state index contributed by atoms with van der Waals surface area (Å²) in [5.74, 6) is 0. The van der Waals surface area contributed by atoms with E-state index in [9.17, 15) is 0 Å². The van der Waals surface area contributed by atoms with Crippen LogP contribution in [0.15, 0.2) is 66.7 Å². The Bertz CT molecular complexity index is 860. The molecule has 0 N–H and O–H groups in total. The van der Waals surface area contributed by atoms with Crippen molar-refractivity contribution in [3.8, 4) is 22.3 Å². The van der Waals surface area contributed by atoms with Gasteiger partial charge in [-0.1, -0.05) is 72.3 Å². The first-order valence-electron chi connectivity index (χ1n) is 9.08. The van der Waals surface area contributed by atoms with Crippen LogP contribution in [0.25, 0.3) is 22.3 Å². The van der Waals surface area contributed by atoms with Gasteiger partial charge in [0.25, 0.3) is 0 Å². The maximum Gasteiger partial charge on any atom is 0.0823 e. The average molecular weight is 328 g/mol. The number of ether oxygens (including phenoxy) is 1. The Morgan fingerprint density at radius 2 is 1.32 bits per heavy atom. The maximum absolute atomic E-state index is 5.64. The van der Waals surface area contributed by atoms with Crippen molar-refractivity contribution in [1.82, 2.24) is 0 Å². The Kier molecular flexibility index (Phi) is 4.42. The van der Waals surface area contributed by atoms with Crippen LogP contribution in [0.1, 0.15) is 35.6 Å². The number of hydrogen-bond acceptors (Lipinski definition) is 1. The van der Waals surface area contributed by atoms with Gasteiger partial charge >= 0.3 is 0 Å². The van der Waals surface area contributed by atoms with Crippen molar-refractivity contribution < 1.29 is 4.74 Å². The highest BCUT2D eigenvalue weighted by Gasteiger charge is 2.19. The lowest BCUT2D eigenvalue weighted by atomic mass is 9.87. The lowest BCUT2D eigenvalue weighted by Crippen LogP contribution is -2.11. The first-order chi connectivity index (χ1) is 12.2. The molecular formula is C24H24O. The second kappa shape index (κ2) is 6.85. The first-order valence-corrected chi connectivity index (χ1v) is 9.08. The largest absolute Gasteiger partial charge is 0.377 e. The van der Waals surface area contributed by atoms with Gasteiger partial charge in [0.1, 0.15) is 0 Å². The molecule has 0 amide bonds. The van der Waals surface area contributed by atoms with Gasteiger partial charge in [0.2, 0.25) is 0 Å². The van der Waals surface area contributed by atoms with E-state index in [1.54, 1.807) is 0 Å². The van der Waals surface area contributed by atoms with Crippen LogP contribution < -0.4 is 0 Å². The van der Waals surface area contributed by atoms with Crippen molar-refractivity contribution in [2.45, 2.75) is 32.3 Å². The third kappa shape index (κ3) is 3.25. The molecule has 0 saturated carbocycles. The predicted octanol–water partition coefficient (Wildman–Crippen LogP) is 6.35. The number of hydrogen-bond donors (Lipinski definition) is 0. The molecule has 0 aliphatic heterocycles. The Morgan fingerprint density at radius 3 is 1.96 bits per heavy atom. The molecule has 0 radical (unpaired) electrons. The second-order valence-corrected chi connectivity index (χ2v) is 6.97. The predicted molar refractivity (Wildman–Crippen MR) is 105 cm³/mol. The van der Waals surface area contributed by atoms with Gasteiger partial charge in [-0.2, -0.15) is 0 Å². The number of rotatable bonds is 3. The van der Waals surface area contributed by atoms with E-state index in [4.69, 9.17) is 4.74 Å². The van der Waals surface area contributed by atoms with E-state index in [1.165, 1.54) is 45.4 Å². The highest BCUT2D eigenvalue weighted by Crippen LogP contribution is 2.35. The second-order valence-electron chi connectivity index (χ2n) is 6.97. The van der Waals surface area contributed by atoms with Crippen LogP contribution in [0, 0.1) is 6.92 Å². The third-order valence-electron chi connectivity index (χ3n) is 5.29. The molecule has 0 aromatic heterocycles. The summed E-state index contributed by atoms with van der Waals surface area (Å²) in [4.78, 5) is 0. The van der Waals surface area contributed by atoms with Gasteiger partial charge in [-0.25, -0.2) is 0 Å². The summed E-state index contributed by atoms with van der Waals surface area (Å²) < 4.78 is 5.64. The molecule has 0 saturated heterocycles. The van der Waals surface area contributed by atoms with Gasteiger partial charge in [0.15, 0.2) is 0 Å². The molecule has 3 aromatic carbocycles. The SMILES string of the molecule is COC1CCCc2cc(-c3ccc(-c4ccc(C)cc4)cc3)ccc21. The highest BCUT2D eigenvalue weighted by atomic mass is 16.5. The Hall–Kier alpha value is -2.38.